The molecule has 4 nitrogen and oxygen atoms in total. The van der Waals surface area contributed by atoms with Crippen LogP contribution in [-0.2, 0) is 14.3 Å². The Morgan fingerprint density at radius 3 is 2.86 bits per heavy atom. The minimum absolute atomic E-state index is 0.0297. The van der Waals surface area contributed by atoms with Gasteiger partial charge < -0.3 is 9.47 Å². The van der Waals surface area contributed by atoms with Crippen LogP contribution in [0.1, 0.15) is 26.7 Å². The van der Waals surface area contributed by atoms with Gasteiger partial charge in [0.25, 0.3) is 5.91 Å². The highest BCUT2D eigenvalue weighted by Gasteiger charge is 2.58. The zero-order chi connectivity index (χ0) is 10.6. The average Bonchev–Trinajstić information content (AvgIpc) is 2.89. The standard InChI is InChI=1S/C10H17NO3/c1-4-7-13-10(8(5-2)14-10)11-9(12)6-3/h6,8H,3-5,7H2,1-2H3,(H,11,12). The van der Waals surface area contributed by atoms with E-state index in [4.69, 9.17) is 9.47 Å². The number of carbonyl (C=O) groups excluding carboxylic acids is 1. The Kier molecular flexibility index (Phi) is 3.66. The van der Waals surface area contributed by atoms with Crippen LogP contribution in [0.25, 0.3) is 0 Å². The number of amides is 1. The highest BCUT2D eigenvalue weighted by atomic mass is 16.8. The molecule has 1 saturated heterocycles. The van der Waals surface area contributed by atoms with Crippen LogP contribution in [0.5, 0.6) is 0 Å². The molecule has 1 rings (SSSR count). The summed E-state index contributed by atoms with van der Waals surface area (Å²) in [6.07, 6.45) is 2.90. The smallest absolute Gasteiger partial charge is 0.280 e. The van der Waals surface area contributed by atoms with E-state index in [0.717, 1.165) is 12.8 Å². The maximum Gasteiger partial charge on any atom is 0.280 e. The van der Waals surface area contributed by atoms with Crippen molar-refractivity contribution in [3.8, 4) is 0 Å². The van der Waals surface area contributed by atoms with Crippen LogP contribution in [0.4, 0.5) is 0 Å². The van der Waals surface area contributed by atoms with Crippen LogP contribution in [0.2, 0.25) is 0 Å². The first-order chi connectivity index (χ1) is 6.68. The summed E-state index contributed by atoms with van der Waals surface area (Å²) >= 11 is 0. The molecule has 1 aliphatic heterocycles. The maximum absolute atomic E-state index is 11.1. The van der Waals surface area contributed by atoms with Gasteiger partial charge in [0.2, 0.25) is 5.91 Å². The molecule has 0 spiro atoms. The van der Waals surface area contributed by atoms with E-state index in [-0.39, 0.29) is 12.0 Å². The third kappa shape index (κ3) is 2.33. The van der Waals surface area contributed by atoms with E-state index in [0.29, 0.717) is 6.61 Å². The summed E-state index contributed by atoms with van der Waals surface area (Å²) in [6.45, 7) is 7.95. The van der Waals surface area contributed by atoms with E-state index in [1.54, 1.807) is 0 Å². The first-order valence-corrected chi connectivity index (χ1v) is 4.94. The maximum atomic E-state index is 11.1. The molecule has 1 heterocycles. The van der Waals surface area contributed by atoms with Crippen molar-refractivity contribution in [2.75, 3.05) is 6.61 Å². The Hall–Kier alpha value is -0.870. The summed E-state index contributed by atoms with van der Waals surface area (Å²) in [5.74, 6) is -1.15. The normalized spacial score (nSPS) is 29.7. The van der Waals surface area contributed by atoms with Crippen LogP contribution < -0.4 is 5.32 Å². The monoisotopic (exact) mass is 199 g/mol. The largest absolute Gasteiger partial charge is 0.331 e. The fraction of sp³-hybridized carbons (Fsp3) is 0.700. The molecular formula is C10H17NO3. The topological polar surface area (TPSA) is 50.9 Å². The van der Waals surface area contributed by atoms with Gasteiger partial charge in [-0.3, -0.25) is 10.1 Å². The number of hydrogen-bond donors (Lipinski definition) is 1. The van der Waals surface area contributed by atoms with Gasteiger partial charge >= 0.3 is 0 Å². The van der Waals surface area contributed by atoms with Crippen LogP contribution in [0.3, 0.4) is 0 Å². The first kappa shape index (κ1) is 11.2. The van der Waals surface area contributed by atoms with E-state index in [1.165, 1.54) is 6.08 Å². The van der Waals surface area contributed by atoms with Crippen molar-refractivity contribution in [2.24, 2.45) is 0 Å². The van der Waals surface area contributed by atoms with Crippen LogP contribution >= 0.6 is 0 Å². The molecule has 4 heteroatoms. The Morgan fingerprint density at radius 2 is 2.43 bits per heavy atom. The second-order valence-electron chi connectivity index (χ2n) is 3.22. The van der Waals surface area contributed by atoms with Gasteiger partial charge in [-0.15, -0.1) is 0 Å². The predicted molar refractivity (Wildman–Crippen MR) is 52.5 cm³/mol. The molecule has 2 unspecified atom stereocenters. The number of ether oxygens (including phenoxy) is 2. The summed E-state index contributed by atoms with van der Waals surface area (Å²) in [5, 5.41) is 2.65. The van der Waals surface area contributed by atoms with E-state index in [2.05, 4.69) is 11.9 Å². The molecule has 1 N–H and O–H groups in total. The molecule has 2 atom stereocenters. The van der Waals surface area contributed by atoms with Gasteiger partial charge in [-0.25, -0.2) is 0 Å². The second kappa shape index (κ2) is 4.57. The van der Waals surface area contributed by atoms with Crippen molar-refractivity contribution in [3.05, 3.63) is 12.7 Å². The first-order valence-electron chi connectivity index (χ1n) is 4.94. The SMILES string of the molecule is C=CC(=O)NC1(OCCC)OC1CC. The van der Waals surface area contributed by atoms with Crippen molar-refractivity contribution in [3.63, 3.8) is 0 Å². The van der Waals surface area contributed by atoms with E-state index < -0.39 is 5.91 Å². The lowest BCUT2D eigenvalue weighted by molar-refractivity contribution is -0.129. The summed E-state index contributed by atoms with van der Waals surface area (Å²) < 4.78 is 10.8. The summed E-state index contributed by atoms with van der Waals surface area (Å²) in [7, 11) is 0. The van der Waals surface area contributed by atoms with Crippen molar-refractivity contribution in [1.29, 1.82) is 0 Å². The fourth-order valence-corrected chi connectivity index (χ4v) is 1.28. The fourth-order valence-electron chi connectivity index (χ4n) is 1.28. The van der Waals surface area contributed by atoms with Crippen molar-refractivity contribution in [2.45, 2.75) is 38.7 Å². The van der Waals surface area contributed by atoms with Gasteiger partial charge in [0.05, 0.1) is 6.61 Å². The molecular weight excluding hydrogens is 182 g/mol. The quantitative estimate of drug-likeness (QED) is 0.397. The number of carbonyl (C=O) groups is 1. The molecule has 0 saturated carbocycles. The van der Waals surface area contributed by atoms with E-state index in [9.17, 15) is 4.79 Å². The van der Waals surface area contributed by atoms with Gasteiger partial charge in [0.15, 0.2) is 0 Å². The van der Waals surface area contributed by atoms with Gasteiger partial charge in [0, 0.05) is 0 Å². The molecule has 0 aromatic rings. The van der Waals surface area contributed by atoms with Crippen molar-refractivity contribution >= 4 is 5.91 Å². The molecule has 1 fully saturated rings. The molecule has 0 bridgehead atoms. The van der Waals surface area contributed by atoms with Crippen molar-refractivity contribution < 1.29 is 14.3 Å². The van der Waals surface area contributed by atoms with E-state index >= 15 is 0 Å². The molecule has 1 amide bonds. The van der Waals surface area contributed by atoms with Gasteiger partial charge in [-0.2, -0.15) is 0 Å². The van der Waals surface area contributed by atoms with E-state index in [1.807, 2.05) is 13.8 Å². The minimum atomic E-state index is -0.879. The second-order valence-corrected chi connectivity index (χ2v) is 3.22. The molecule has 1 aliphatic rings. The lowest BCUT2D eigenvalue weighted by atomic mass is 10.3. The lowest BCUT2D eigenvalue weighted by Crippen LogP contribution is -2.41. The number of hydrogen-bond acceptors (Lipinski definition) is 3. The average molecular weight is 199 g/mol. The zero-order valence-electron chi connectivity index (χ0n) is 8.71. The van der Waals surface area contributed by atoms with Crippen LogP contribution in [0.15, 0.2) is 12.7 Å². The van der Waals surface area contributed by atoms with Gasteiger partial charge in [-0.05, 0) is 18.9 Å². The number of rotatable bonds is 6. The van der Waals surface area contributed by atoms with Crippen LogP contribution in [0, 0.1) is 0 Å². The summed E-state index contributed by atoms with van der Waals surface area (Å²) in [4.78, 5) is 11.1. The molecule has 0 aliphatic carbocycles. The molecule has 80 valence electrons. The molecule has 0 aromatic carbocycles. The minimum Gasteiger partial charge on any atom is -0.331 e. The molecule has 0 radical (unpaired) electrons. The number of nitrogens with one attached hydrogen (secondary N) is 1. The van der Waals surface area contributed by atoms with Gasteiger partial charge in [-0.1, -0.05) is 20.4 Å². The molecule has 14 heavy (non-hydrogen) atoms. The summed E-state index contributed by atoms with van der Waals surface area (Å²) in [5.41, 5.74) is 0. The third-order valence-corrected chi connectivity index (χ3v) is 2.06. The van der Waals surface area contributed by atoms with Crippen molar-refractivity contribution in [1.82, 2.24) is 5.32 Å². The summed E-state index contributed by atoms with van der Waals surface area (Å²) in [6, 6.07) is 0. The third-order valence-electron chi connectivity index (χ3n) is 2.06. The lowest BCUT2D eigenvalue weighted by Gasteiger charge is -2.14. The van der Waals surface area contributed by atoms with Crippen LogP contribution in [-0.4, -0.2) is 24.5 Å². The predicted octanol–water partition coefficient (Wildman–Crippen LogP) is 1.18. The zero-order valence-corrected chi connectivity index (χ0v) is 8.71. The van der Waals surface area contributed by atoms with Gasteiger partial charge in [0.1, 0.15) is 6.10 Å². The Bertz CT molecular complexity index is 229. The number of epoxide rings is 1. The molecule has 0 aromatic heterocycles. The Labute approximate surface area is 84.3 Å². The Morgan fingerprint density at radius 1 is 1.71 bits per heavy atom. The highest BCUT2D eigenvalue weighted by molar-refractivity contribution is 5.87. The Balaban J connectivity index is 2.47. The highest BCUT2D eigenvalue weighted by Crippen LogP contribution is 2.37.